The third-order valence-corrected chi connectivity index (χ3v) is 1.87. The van der Waals surface area contributed by atoms with Gasteiger partial charge in [-0.1, -0.05) is 0 Å². The molecule has 0 spiro atoms. The molecule has 1 N–H and O–H groups in total. The van der Waals surface area contributed by atoms with E-state index in [-0.39, 0.29) is 12.4 Å². The molecule has 0 saturated heterocycles. The van der Waals surface area contributed by atoms with Crippen LogP contribution in [0.4, 0.5) is 13.2 Å². The zero-order chi connectivity index (χ0) is 10.9. The first-order valence-electron chi connectivity index (χ1n) is 4.10. The fraction of sp³-hybridized carbons (Fsp3) is 0.111. The first-order chi connectivity index (χ1) is 7.07. The number of nitrogens with zero attached hydrogens (tertiary/aromatic N) is 2. The molecular formula is C9H7ClF3N3. The van der Waals surface area contributed by atoms with Crippen LogP contribution in [0.25, 0.3) is 11.4 Å². The Balaban J connectivity index is 0.00000128. The minimum absolute atomic E-state index is 0. The van der Waals surface area contributed by atoms with Crippen LogP contribution in [-0.4, -0.2) is 15.2 Å². The van der Waals surface area contributed by atoms with Crippen molar-refractivity contribution in [1.29, 1.82) is 0 Å². The Kier molecular flexibility index (Phi) is 3.54. The van der Waals surface area contributed by atoms with Crippen LogP contribution < -0.4 is 0 Å². The smallest absolute Gasteiger partial charge is 0.276 e. The summed E-state index contributed by atoms with van der Waals surface area (Å²) in [5.74, 6) is 0. The molecule has 86 valence electrons. The molecular weight excluding hydrogens is 243 g/mol. The Hall–Kier alpha value is -1.56. The molecule has 0 bridgehead atoms. The second-order valence-electron chi connectivity index (χ2n) is 2.90. The van der Waals surface area contributed by atoms with E-state index in [1.807, 2.05) is 0 Å². The minimum atomic E-state index is -4.35. The second-order valence-corrected chi connectivity index (χ2v) is 2.90. The highest BCUT2D eigenvalue weighted by molar-refractivity contribution is 5.85. The number of alkyl halides is 3. The average molecular weight is 250 g/mol. The van der Waals surface area contributed by atoms with E-state index in [4.69, 9.17) is 0 Å². The molecule has 0 aromatic carbocycles. The van der Waals surface area contributed by atoms with E-state index < -0.39 is 11.7 Å². The molecule has 2 heterocycles. The van der Waals surface area contributed by atoms with Crippen molar-refractivity contribution < 1.29 is 13.2 Å². The lowest BCUT2D eigenvalue weighted by atomic mass is 10.2. The van der Waals surface area contributed by atoms with Crippen molar-refractivity contribution in [2.24, 2.45) is 0 Å². The highest BCUT2D eigenvalue weighted by Crippen LogP contribution is 2.29. The molecule has 16 heavy (non-hydrogen) atoms. The summed E-state index contributed by atoms with van der Waals surface area (Å²) < 4.78 is 36.6. The summed E-state index contributed by atoms with van der Waals surface area (Å²) in [5.41, 5.74) is 0.259. The molecule has 7 heteroatoms. The predicted molar refractivity (Wildman–Crippen MR) is 54.1 cm³/mol. The first-order valence-corrected chi connectivity index (χ1v) is 4.10. The Morgan fingerprint density at radius 3 is 2.31 bits per heavy atom. The van der Waals surface area contributed by atoms with Crippen LogP contribution in [0.1, 0.15) is 5.56 Å². The third-order valence-electron chi connectivity index (χ3n) is 1.87. The highest BCUT2D eigenvalue weighted by atomic mass is 35.5. The lowest BCUT2D eigenvalue weighted by Crippen LogP contribution is -2.05. The summed E-state index contributed by atoms with van der Waals surface area (Å²) in [7, 11) is 0. The normalized spacial score (nSPS) is 10.9. The van der Waals surface area contributed by atoms with Crippen molar-refractivity contribution >= 4 is 12.4 Å². The summed E-state index contributed by atoms with van der Waals surface area (Å²) in [4.78, 5) is 3.70. The van der Waals surface area contributed by atoms with Gasteiger partial charge in [0.05, 0.1) is 17.0 Å². The van der Waals surface area contributed by atoms with Gasteiger partial charge in [0.1, 0.15) is 0 Å². The van der Waals surface area contributed by atoms with Crippen molar-refractivity contribution in [2.45, 2.75) is 6.18 Å². The van der Waals surface area contributed by atoms with E-state index in [2.05, 4.69) is 15.2 Å². The summed E-state index contributed by atoms with van der Waals surface area (Å²) in [6, 6.07) is 3.93. The Labute approximate surface area is 95.1 Å². The fourth-order valence-corrected chi connectivity index (χ4v) is 1.12. The summed E-state index contributed by atoms with van der Waals surface area (Å²) in [6.07, 6.45) is -2.04. The van der Waals surface area contributed by atoms with Crippen LogP contribution in [0.3, 0.4) is 0 Å². The van der Waals surface area contributed by atoms with Crippen molar-refractivity contribution in [2.75, 3.05) is 0 Å². The van der Waals surface area contributed by atoms with Crippen molar-refractivity contribution in [1.82, 2.24) is 15.2 Å². The molecule has 0 radical (unpaired) electrons. The number of aromatic nitrogens is 3. The number of H-pyrrole nitrogens is 1. The standard InChI is InChI=1S/C9H6F3N3.ClH/c10-9(11,12)6-1-2-7(13-5-6)8-3-4-14-15-8;/h1-5H,(H,14,15);1H. The topological polar surface area (TPSA) is 41.6 Å². The Morgan fingerprint density at radius 2 is 1.88 bits per heavy atom. The van der Waals surface area contributed by atoms with E-state index in [0.717, 1.165) is 12.3 Å². The Bertz CT molecular complexity index is 436. The molecule has 0 amide bonds. The molecule has 0 atom stereocenters. The molecule has 2 rings (SSSR count). The average Bonchev–Trinajstić information content (AvgIpc) is 2.69. The molecule has 0 aliphatic heterocycles. The number of hydrogen-bond acceptors (Lipinski definition) is 2. The van der Waals surface area contributed by atoms with Gasteiger partial charge in [-0.3, -0.25) is 10.1 Å². The third kappa shape index (κ3) is 2.52. The number of nitrogens with one attached hydrogen (secondary N) is 1. The van der Waals surface area contributed by atoms with Gasteiger partial charge in [-0.15, -0.1) is 12.4 Å². The van der Waals surface area contributed by atoms with Crippen LogP contribution in [0.2, 0.25) is 0 Å². The van der Waals surface area contributed by atoms with Crippen LogP contribution in [0.5, 0.6) is 0 Å². The first kappa shape index (κ1) is 12.5. The van der Waals surface area contributed by atoms with Crippen LogP contribution in [0, 0.1) is 0 Å². The molecule has 0 fully saturated rings. The Morgan fingerprint density at radius 1 is 1.12 bits per heavy atom. The van der Waals surface area contributed by atoms with Gasteiger partial charge in [-0.25, -0.2) is 0 Å². The number of halogens is 4. The van der Waals surface area contributed by atoms with Gasteiger partial charge in [-0.2, -0.15) is 18.3 Å². The number of hydrogen-bond donors (Lipinski definition) is 1. The van der Waals surface area contributed by atoms with Crippen molar-refractivity contribution in [3.8, 4) is 11.4 Å². The molecule has 2 aromatic rings. The quantitative estimate of drug-likeness (QED) is 0.844. The maximum atomic E-state index is 12.2. The van der Waals surface area contributed by atoms with Crippen molar-refractivity contribution in [3.05, 3.63) is 36.2 Å². The van der Waals surface area contributed by atoms with Gasteiger partial charge in [-0.05, 0) is 18.2 Å². The van der Waals surface area contributed by atoms with Gasteiger partial charge < -0.3 is 0 Å². The van der Waals surface area contributed by atoms with Crippen LogP contribution in [-0.2, 0) is 6.18 Å². The molecule has 0 saturated carbocycles. The number of aromatic amines is 1. The molecule has 0 unspecified atom stereocenters. The highest BCUT2D eigenvalue weighted by Gasteiger charge is 2.30. The summed E-state index contributed by atoms with van der Waals surface area (Å²) in [6.45, 7) is 0. The van der Waals surface area contributed by atoms with Crippen molar-refractivity contribution in [3.63, 3.8) is 0 Å². The van der Waals surface area contributed by atoms with E-state index >= 15 is 0 Å². The lowest BCUT2D eigenvalue weighted by molar-refractivity contribution is -0.137. The van der Waals surface area contributed by atoms with E-state index in [1.165, 1.54) is 12.3 Å². The molecule has 0 aliphatic carbocycles. The monoisotopic (exact) mass is 249 g/mol. The minimum Gasteiger partial charge on any atom is -0.276 e. The number of rotatable bonds is 1. The van der Waals surface area contributed by atoms with Crippen LogP contribution in [0.15, 0.2) is 30.6 Å². The van der Waals surface area contributed by atoms with E-state index in [0.29, 0.717) is 11.4 Å². The fourth-order valence-electron chi connectivity index (χ4n) is 1.12. The molecule has 3 nitrogen and oxygen atoms in total. The summed E-state index contributed by atoms with van der Waals surface area (Å²) >= 11 is 0. The zero-order valence-corrected chi connectivity index (χ0v) is 8.64. The SMILES string of the molecule is Cl.FC(F)(F)c1ccc(-c2ccn[nH]2)nc1. The lowest BCUT2D eigenvalue weighted by Gasteiger charge is -2.05. The van der Waals surface area contributed by atoms with E-state index in [1.54, 1.807) is 6.07 Å². The largest absolute Gasteiger partial charge is 0.417 e. The van der Waals surface area contributed by atoms with Gasteiger partial charge in [0.15, 0.2) is 0 Å². The van der Waals surface area contributed by atoms with Gasteiger partial charge in [0.2, 0.25) is 0 Å². The molecule has 2 aromatic heterocycles. The second kappa shape index (κ2) is 4.52. The van der Waals surface area contributed by atoms with Gasteiger partial charge in [0, 0.05) is 12.4 Å². The zero-order valence-electron chi connectivity index (χ0n) is 7.82. The van der Waals surface area contributed by atoms with Gasteiger partial charge in [0.25, 0.3) is 0 Å². The number of pyridine rings is 1. The maximum absolute atomic E-state index is 12.2. The molecule has 0 aliphatic rings. The predicted octanol–water partition coefficient (Wildman–Crippen LogP) is 2.91. The van der Waals surface area contributed by atoms with E-state index in [9.17, 15) is 13.2 Å². The van der Waals surface area contributed by atoms with Crippen LogP contribution >= 0.6 is 12.4 Å². The van der Waals surface area contributed by atoms with Gasteiger partial charge >= 0.3 is 6.18 Å². The summed E-state index contributed by atoms with van der Waals surface area (Å²) in [5, 5.41) is 6.30. The maximum Gasteiger partial charge on any atom is 0.417 e.